The van der Waals surface area contributed by atoms with Gasteiger partial charge in [-0.2, -0.15) is 5.10 Å². The summed E-state index contributed by atoms with van der Waals surface area (Å²) >= 11 is 0. The molecule has 1 aromatic carbocycles. The van der Waals surface area contributed by atoms with Crippen molar-refractivity contribution in [2.24, 2.45) is 0 Å². The fraction of sp³-hybridized carbons (Fsp3) is 0.100. The van der Waals surface area contributed by atoms with Crippen molar-refractivity contribution in [2.45, 2.75) is 13.3 Å². The van der Waals surface area contributed by atoms with E-state index in [0.717, 1.165) is 0 Å². The molecule has 4 rings (SSSR count). The fourth-order valence-electron chi connectivity index (χ4n) is 3.01. The number of anilines is 2. The number of nitrogens with zero attached hydrogens (tertiary/aromatic N) is 4. The summed E-state index contributed by atoms with van der Waals surface area (Å²) in [7, 11) is 0. The number of nitrogens with two attached hydrogens (primary N) is 1. The highest BCUT2D eigenvalue weighted by molar-refractivity contribution is 5.88. The van der Waals surface area contributed by atoms with Gasteiger partial charge in [0.25, 0.3) is 0 Å². The first-order valence-electron chi connectivity index (χ1n) is 8.95. The van der Waals surface area contributed by atoms with Crippen LogP contribution in [0.5, 0.6) is 5.75 Å². The average Bonchev–Trinajstić information content (AvgIpc) is 3.08. The number of carbonyl (C=O) groups is 1. The van der Waals surface area contributed by atoms with Crippen molar-refractivity contribution < 1.29 is 22.7 Å². The number of pyridine rings is 1. The number of imidazole rings is 1. The smallest absolute Gasteiger partial charge is 0.405 e. The number of aromatic nitrogens is 4. The molecule has 3 aromatic heterocycles. The normalized spacial score (nSPS) is 11.5. The number of halogens is 3. The summed E-state index contributed by atoms with van der Waals surface area (Å²) in [5.74, 6) is -0.278. The van der Waals surface area contributed by atoms with Gasteiger partial charge in [-0.1, -0.05) is 18.2 Å². The lowest BCUT2D eigenvalue weighted by Crippen LogP contribution is -2.17. The minimum atomic E-state index is -4.85. The molecule has 0 aliphatic heterocycles. The molecule has 3 heterocycles. The van der Waals surface area contributed by atoms with Gasteiger partial charge in [-0.05, 0) is 24.3 Å². The van der Waals surface area contributed by atoms with Crippen LogP contribution in [0.15, 0.2) is 54.9 Å². The fourth-order valence-corrected chi connectivity index (χ4v) is 3.01. The third kappa shape index (κ3) is 4.39. The van der Waals surface area contributed by atoms with E-state index in [9.17, 15) is 18.0 Å². The molecule has 0 unspecified atom stereocenters. The number of rotatable bonds is 4. The molecule has 31 heavy (non-hydrogen) atoms. The van der Waals surface area contributed by atoms with Crippen molar-refractivity contribution in [3.8, 4) is 28.1 Å². The van der Waals surface area contributed by atoms with Gasteiger partial charge < -0.3 is 15.8 Å². The van der Waals surface area contributed by atoms with Crippen molar-refractivity contribution in [3.05, 3.63) is 54.9 Å². The van der Waals surface area contributed by atoms with Gasteiger partial charge in [0.2, 0.25) is 5.91 Å². The zero-order valence-corrected chi connectivity index (χ0v) is 16.0. The van der Waals surface area contributed by atoms with Crippen LogP contribution in [0.1, 0.15) is 6.92 Å². The molecule has 0 atom stereocenters. The van der Waals surface area contributed by atoms with E-state index in [1.807, 2.05) is 0 Å². The van der Waals surface area contributed by atoms with E-state index < -0.39 is 12.1 Å². The van der Waals surface area contributed by atoms with E-state index in [0.29, 0.717) is 22.7 Å². The van der Waals surface area contributed by atoms with E-state index in [2.05, 4.69) is 25.1 Å². The number of hydrogen-bond donors (Lipinski definition) is 2. The minimum Gasteiger partial charge on any atom is -0.405 e. The molecular weight excluding hydrogens is 413 g/mol. The van der Waals surface area contributed by atoms with E-state index >= 15 is 0 Å². The number of nitrogens with one attached hydrogen (secondary N) is 1. The molecule has 0 saturated heterocycles. The minimum absolute atomic E-state index is 0.0404. The number of fused-ring (bicyclic) bond motifs is 1. The number of amides is 1. The predicted molar refractivity (Wildman–Crippen MR) is 107 cm³/mol. The Morgan fingerprint density at radius 1 is 1.16 bits per heavy atom. The molecule has 0 radical (unpaired) electrons. The number of nitrogen functional groups attached to an aromatic ring is 1. The maximum atomic E-state index is 12.8. The molecule has 0 aliphatic rings. The van der Waals surface area contributed by atoms with E-state index in [4.69, 9.17) is 5.73 Å². The molecule has 3 N–H and O–H groups in total. The van der Waals surface area contributed by atoms with Crippen molar-refractivity contribution >= 4 is 23.2 Å². The molecule has 1 amide bonds. The Morgan fingerprint density at radius 3 is 2.68 bits per heavy atom. The number of carbonyl (C=O) groups excluding carboxylic acids is 1. The summed E-state index contributed by atoms with van der Waals surface area (Å²) in [4.78, 5) is 19.6. The van der Waals surface area contributed by atoms with Gasteiger partial charge in [-0.15, -0.1) is 13.2 Å². The first-order chi connectivity index (χ1) is 14.7. The van der Waals surface area contributed by atoms with Crippen LogP contribution >= 0.6 is 0 Å². The maximum Gasteiger partial charge on any atom is 0.573 e. The van der Waals surface area contributed by atoms with Gasteiger partial charge >= 0.3 is 6.36 Å². The second-order valence-electron chi connectivity index (χ2n) is 6.53. The van der Waals surface area contributed by atoms with Crippen molar-refractivity contribution in [1.82, 2.24) is 19.6 Å². The molecule has 0 fully saturated rings. The summed E-state index contributed by atoms with van der Waals surface area (Å²) in [5.41, 5.74) is 7.85. The summed E-state index contributed by atoms with van der Waals surface area (Å²) in [6.07, 6.45) is -1.85. The standard InChI is InChI=1S/C20H15F3N6O2/c1-11(30)26-17-10-29-18(27-17)7-6-15(28-29)12-8-14(19(24)25-9-12)13-4-2-3-5-16(13)31-20(21,22)23/h2-10H,1H3,(H2,24,25)(H,26,30). The van der Waals surface area contributed by atoms with E-state index in [1.54, 1.807) is 30.5 Å². The summed E-state index contributed by atoms with van der Waals surface area (Å²) in [6, 6.07) is 10.6. The Labute approximate surface area is 173 Å². The maximum absolute atomic E-state index is 12.8. The molecule has 0 spiro atoms. The van der Waals surface area contributed by atoms with Crippen LogP contribution in [0.2, 0.25) is 0 Å². The topological polar surface area (TPSA) is 107 Å². The van der Waals surface area contributed by atoms with Crippen LogP contribution in [-0.2, 0) is 4.79 Å². The molecule has 11 heteroatoms. The SMILES string of the molecule is CC(=O)Nc1cn2nc(-c3cnc(N)c(-c4ccccc4OC(F)(F)F)c3)ccc2n1. The monoisotopic (exact) mass is 428 g/mol. The molecule has 0 bridgehead atoms. The first kappa shape index (κ1) is 20.1. The Bertz CT molecular complexity index is 1290. The summed E-state index contributed by atoms with van der Waals surface area (Å²) in [5, 5.41) is 7.00. The number of hydrogen-bond acceptors (Lipinski definition) is 6. The molecule has 0 aliphatic carbocycles. The molecule has 158 valence electrons. The lowest BCUT2D eigenvalue weighted by Gasteiger charge is -2.15. The molecule has 0 saturated carbocycles. The van der Waals surface area contributed by atoms with Gasteiger partial charge in [-0.3, -0.25) is 4.79 Å². The average molecular weight is 428 g/mol. The first-order valence-corrected chi connectivity index (χ1v) is 8.95. The molecule has 4 aromatic rings. The van der Waals surface area contributed by atoms with Gasteiger partial charge in [0.1, 0.15) is 11.6 Å². The zero-order chi connectivity index (χ0) is 22.2. The molecule has 8 nitrogen and oxygen atoms in total. The van der Waals surface area contributed by atoms with Gasteiger partial charge in [0, 0.05) is 29.8 Å². The van der Waals surface area contributed by atoms with Crippen LogP contribution in [0.4, 0.5) is 24.8 Å². The van der Waals surface area contributed by atoms with Crippen LogP contribution in [0.25, 0.3) is 28.0 Å². The number of para-hydroxylation sites is 1. The largest absolute Gasteiger partial charge is 0.573 e. The van der Waals surface area contributed by atoms with E-state index in [1.165, 1.54) is 35.8 Å². The summed E-state index contributed by atoms with van der Waals surface area (Å²) in [6.45, 7) is 1.37. The third-order valence-corrected chi connectivity index (χ3v) is 4.24. The van der Waals surface area contributed by atoms with Crippen LogP contribution in [-0.4, -0.2) is 31.9 Å². The number of ether oxygens (including phenoxy) is 1. The summed E-state index contributed by atoms with van der Waals surface area (Å²) < 4.78 is 44.0. The number of alkyl halides is 3. The Hall–Kier alpha value is -4.15. The Morgan fingerprint density at radius 2 is 1.94 bits per heavy atom. The van der Waals surface area contributed by atoms with Gasteiger partial charge in [0.15, 0.2) is 11.5 Å². The van der Waals surface area contributed by atoms with Crippen LogP contribution in [0.3, 0.4) is 0 Å². The molecular formula is C20H15F3N6O2. The van der Waals surface area contributed by atoms with Crippen molar-refractivity contribution in [1.29, 1.82) is 0 Å². The lowest BCUT2D eigenvalue weighted by molar-refractivity contribution is -0.274. The van der Waals surface area contributed by atoms with Crippen molar-refractivity contribution in [3.63, 3.8) is 0 Å². The highest BCUT2D eigenvalue weighted by atomic mass is 19.4. The van der Waals surface area contributed by atoms with Gasteiger partial charge in [0.05, 0.1) is 11.9 Å². The Balaban J connectivity index is 1.76. The van der Waals surface area contributed by atoms with Gasteiger partial charge in [-0.25, -0.2) is 14.5 Å². The second-order valence-corrected chi connectivity index (χ2v) is 6.53. The predicted octanol–water partition coefficient (Wildman–Crippen LogP) is 3.90. The zero-order valence-electron chi connectivity index (χ0n) is 16.0. The second kappa shape index (κ2) is 7.59. The number of benzene rings is 1. The van der Waals surface area contributed by atoms with Crippen LogP contribution in [0, 0.1) is 0 Å². The third-order valence-electron chi connectivity index (χ3n) is 4.24. The van der Waals surface area contributed by atoms with E-state index in [-0.39, 0.29) is 22.9 Å². The highest BCUT2D eigenvalue weighted by Crippen LogP contribution is 2.37. The van der Waals surface area contributed by atoms with Crippen LogP contribution < -0.4 is 15.8 Å². The highest BCUT2D eigenvalue weighted by Gasteiger charge is 2.32. The quantitative estimate of drug-likeness (QED) is 0.511. The lowest BCUT2D eigenvalue weighted by atomic mass is 10.0. The Kier molecular flexibility index (Phi) is 4.93. The van der Waals surface area contributed by atoms with Crippen molar-refractivity contribution in [2.75, 3.05) is 11.1 Å².